The molecule has 0 aliphatic heterocycles. The van der Waals surface area contributed by atoms with Crippen molar-refractivity contribution in [2.45, 2.75) is 6.42 Å². The fourth-order valence-electron chi connectivity index (χ4n) is 6.33. The highest BCUT2D eigenvalue weighted by Gasteiger charge is 2.23. The number of nitrogens with zero attached hydrogens (tertiary/aromatic N) is 4. The van der Waals surface area contributed by atoms with Crippen LogP contribution in [0.2, 0.25) is 0 Å². The van der Waals surface area contributed by atoms with Crippen molar-refractivity contribution in [1.82, 2.24) is 19.9 Å². The topological polar surface area (TPSA) is 51.6 Å². The summed E-state index contributed by atoms with van der Waals surface area (Å²) in [6.07, 6.45) is 2.55. The maximum Gasteiger partial charge on any atom is 0.160 e. The number of aromatic nitrogens is 4. The third kappa shape index (κ3) is 4.05. The molecule has 0 amide bonds. The van der Waals surface area contributed by atoms with Gasteiger partial charge in [-0.25, -0.2) is 19.9 Å². The van der Waals surface area contributed by atoms with E-state index in [0.29, 0.717) is 0 Å². The van der Waals surface area contributed by atoms with Crippen LogP contribution in [0.15, 0.2) is 134 Å². The first-order valence-corrected chi connectivity index (χ1v) is 15.5. The fraction of sp³-hybridized carbons (Fsp3) is 0.0256. The van der Waals surface area contributed by atoms with E-state index in [1.807, 2.05) is 18.2 Å². The van der Waals surface area contributed by atoms with Crippen LogP contribution in [-0.4, -0.2) is 19.9 Å². The third-order valence-electron chi connectivity index (χ3n) is 8.46. The zero-order chi connectivity index (χ0) is 29.0. The van der Waals surface area contributed by atoms with Gasteiger partial charge in [-0.1, -0.05) is 115 Å². The van der Waals surface area contributed by atoms with Crippen LogP contribution in [0, 0.1) is 0 Å². The Bertz CT molecular complexity index is 2360. The van der Waals surface area contributed by atoms with Crippen molar-refractivity contribution in [3.63, 3.8) is 0 Å². The summed E-state index contributed by atoms with van der Waals surface area (Å²) in [5, 5.41) is 1.17. The normalized spacial score (nSPS) is 12.0. The second-order valence-electron chi connectivity index (χ2n) is 11.1. The van der Waals surface area contributed by atoms with Crippen molar-refractivity contribution in [1.29, 1.82) is 0 Å². The molecular formula is C39H24N4S. The summed E-state index contributed by atoms with van der Waals surface area (Å²) in [6.45, 7) is 0. The van der Waals surface area contributed by atoms with Gasteiger partial charge in [-0.3, -0.25) is 0 Å². The van der Waals surface area contributed by atoms with Gasteiger partial charge in [0.25, 0.3) is 0 Å². The number of thiophene rings is 1. The maximum atomic E-state index is 5.13. The van der Waals surface area contributed by atoms with Crippen molar-refractivity contribution in [3.8, 4) is 56.3 Å². The molecule has 3 aromatic heterocycles. The van der Waals surface area contributed by atoms with Crippen LogP contribution >= 0.6 is 11.3 Å². The number of rotatable bonds is 4. The Morgan fingerprint density at radius 1 is 0.523 bits per heavy atom. The SMILES string of the molecule is c1ccc(-c2nc(-c3ccc(-c4cccc(-c5ncnc6c5Cc5ccccc5-6)c4)cc3)c3sc4ccccc4c3n2)cc1. The van der Waals surface area contributed by atoms with E-state index in [4.69, 9.17) is 15.0 Å². The van der Waals surface area contributed by atoms with Gasteiger partial charge in [0.2, 0.25) is 0 Å². The second kappa shape index (κ2) is 10.0. The van der Waals surface area contributed by atoms with E-state index >= 15 is 0 Å². The Hall–Kier alpha value is -5.52. The molecular weight excluding hydrogens is 557 g/mol. The molecule has 0 N–H and O–H groups in total. The van der Waals surface area contributed by atoms with Crippen molar-refractivity contribution in [2.75, 3.05) is 0 Å². The van der Waals surface area contributed by atoms with Crippen molar-refractivity contribution in [2.24, 2.45) is 0 Å². The Morgan fingerprint density at radius 2 is 1.25 bits per heavy atom. The number of hydrogen-bond acceptors (Lipinski definition) is 5. The number of fused-ring (bicyclic) bond motifs is 6. The fourth-order valence-corrected chi connectivity index (χ4v) is 7.48. The van der Waals surface area contributed by atoms with E-state index in [-0.39, 0.29) is 0 Å². The van der Waals surface area contributed by atoms with Crippen LogP contribution in [-0.2, 0) is 6.42 Å². The second-order valence-corrected chi connectivity index (χ2v) is 12.1. The Labute approximate surface area is 258 Å². The minimum atomic E-state index is 0.743. The summed E-state index contributed by atoms with van der Waals surface area (Å²) in [5.41, 5.74) is 13.2. The van der Waals surface area contributed by atoms with Gasteiger partial charge < -0.3 is 0 Å². The molecule has 0 unspecified atom stereocenters. The van der Waals surface area contributed by atoms with E-state index in [1.54, 1.807) is 17.7 Å². The molecule has 5 heteroatoms. The zero-order valence-corrected chi connectivity index (χ0v) is 24.4. The van der Waals surface area contributed by atoms with Gasteiger partial charge in [-0.2, -0.15) is 0 Å². The third-order valence-corrected chi connectivity index (χ3v) is 9.63. The van der Waals surface area contributed by atoms with Gasteiger partial charge in [0, 0.05) is 44.3 Å². The summed E-state index contributed by atoms with van der Waals surface area (Å²) < 4.78 is 2.33. The van der Waals surface area contributed by atoms with Gasteiger partial charge in [0.1, 0.15) is 6.33 Å². The average molecular weight is 581 g/mol. The quantitative estimate of drug-likeness (QED) is 0.208. The molecule has 9 rings (SSSR count). The molecule has 0 atom stereocenters. The average Bonchev–Trinajstić information content (AvgIpc) is 3.67. The smallest absolute Gasteiger partial charge is 0.160 e. The Balaban J connectivity index is 1.12. The Kier molecular flexibility index (Phi) is 5.71. The van der Waals surface area contributed by atoms with E-state index in [9.17, 15) is 0 Å². The van der Waals surface area contributed by atoms with Crippen LogP contribution in [0.5, 0.6) is 0 Å². The van der Waals surface area contributed by atoms with Crippen molar-refractivity contribution >= 4 is 31.6 Å². The lowest BCUT2D eigenvalue weighted by atomic mass is 9.97. The van der Waals surface area contributed by atoms with Crippen molar-refractivity contribution in [3.05, 3.63) is 145 Å². The lowest BCUT2D eigenvalue weighted by Crippen LogP contribution is -1.95. The van der Waals surface area contributed by atoms with Gasteiger partial charge in [-0.15, -0.1) is 11.3 Å². The minimum Gasteiger partial charge on any atom is -0.236 e. The molecule has 4 nitrogen and oxygen atoms in total. The molecule has 8 aromatic rings. The molecule has 0 spiro atoms. The van der Waals surface area contributed by atoms with Crippen LogP contribution in [0.4, 0.5) is 0 Å². The molecule has 0 bridgehead atoms. The summed E-state index contributed by atoms with van der Waals surface area (Å²) in [4.78, 5) is 19.6. The first-order chi connectivity index (χ1) is 21.8. The molecule has 1 aliphatic rings. The van der Waals surface area contributed by atoms with E-state index < -0.39 is 0 Å². The predicted octanol–water partition coefficient (Wildman–Crippen LogP) is 9.87. The van der Waals surface area contributed by atoms with E-state index in [1.165, 1.54) is 26.8 Å². The van der Waals surface area contributed by atoms with Gasteiger partial charge in [0.05, 0.1) is 27.3 Å². The number of hydrogen-bond donors (Lipinski definition) is 0. The monoisotopic (exact) mass is 580 g/mol. The van der Waals surface area contributed by atoms with Gasteiger partial charge >= 0.3 is 0 Å². The summed E-state index contributed by atoms with van der Waals surface area (Å²) in [7, 11) is 0. The lowest BCUT2D eigenvalue weighted by molar-refractivity contribution is 1.13. The highest BCUT2D eigenvalue weighted by Crippen LogP contribution is 2.41. The molecule has 44 heavy (non-hydrogen) atoms. The van der Waals surface area contributed by atoms with Crippen molar-refractivity contribution < 1.29 is 0 Å². The van der Waals surface area contributed by atoms with Crippen LogP contribution in [0.25, 0.3) is 76.6 Å². The molecule has 0 saturated heterocycles. The van der Waals surface area contributed by atoms with E-state index in [0.717, 1.165) is 67.4 Å². The number of benzene rings is 5. The summed E-state index contributed by atoms with van der Waals surface area (Å²) in [6, 6.07) is 44.6. The molecule has 1 aliphatic carbocycles. The molecule has 206 valence electrons. The molecule has 5 aromatic carbocycles. The zero-order valence-electron chi connectivity index (χ0n) is 23.6. The van der Waals surface area contributed by atoms with Crippen LogP contribution in [0.1, 0.15) is 11.1 Å². The largest absolute Gasteiger partial charge is 0.236 e. The Morgan fingerprint density at radius 3 is 2.16 bits per heavy atom. The standard InChI is InChI=1S/C39H24N4S/c1-2-9-26(10-3-1)39-42-35(38-37(43-39)31-15-6-7-16-33(31)44-38)25-19-17-24(18-20-25)27-12-8-13-29(21-27)34-32-22-28-11-4-5-14-30(28)36(32)41-23-40-34/h1-21,23H,22H2. The highest BCUT2D eigenvalue weighted by molar-refractivity contribution is 7.26. The first-order valence-electron chi connectivity index (χ1n) is 14.7. The highest BCUT2D eigenvalue weighted by atomic mass is 32.1. The summed E-state index contributed by atoms with van der Waals surface area (Å²) >= 11 is 1.76. The predicted molar refractivity (Wildman–Crippen MR) is 180 cm³/mol. The van der Waals surface area contributed by atoms with E-state index in [2.05, 4.69) is 114 Å². The maximum absolute atomic E-state index is 5.13. The first kappa shape index (κ1) is 25.0. The molecule has 0 radical (unpaired) electrons. The minimum absolute atomic E-state index is 0.743. The van der Waals surface area contributed by atoms with Gasteiger partial charge in [-0.05, 0) is 28.8 Å². The molecule has 0 saturated carbocycles. The van der Waals surface area contributed by atoms with Gasteiger partial charge in [0.15, 0.2) is 5.82 Å². The summed E-state index contributed by atoms with van der Waals surface area (Å²) in [5.74, 6) is 0.743. The van der Waals surface area contributed by atoms with Crippen LogP contribution in [0.3, 0.4) is 0 Å². The molecule has 0 fully saturated rings. The molecule has 3 heterocycles. The lowest BCUT2D eigenvalue weighted by Gasteiger charge is -2.10. The van der Waals surface area contributed by atoms with Crippen LogP contribution < -0.4 is 0 Å².